The summed E-state index contributed by atoms with van der Waals surface area (Å²) >= 11 is 1.52. The topological polar surface area (TPSA) is 42.4 Å². The molecule has 130 valence electrons. The molecule has 4 nitrogen and oxygen atoms in total. The molecule has 1 amide bonds. The molecule has 0 aliphatic heterocycles. The van der Waals surface area contributed by atoms with Gasteiger partial charge >= 0.3 is 0 Å². The predicted octanol–water partition coefficient (Wildman–Crippen LogP) is 3.75. The molecular formula is C18H16F2N2O2S. The fourth-order valence-electron chi connectivity index (χ4n) is 2.31. The number of hydrogen-bond donors (Lipinski definition) is 0. The lowest BCUT2D eigenvalue weighted by Crippen LogP contribution is -2.30. The predicted molar refractivity (Wildman–Crippen MR) is 92.1 cm³/mol. The summed E-state index contributed by atoms with van der Waals surface area (Å²) in [7, 11) is 1.55. The Bertz CT molecular complexity index is 865. The maximum atomic E-state index is 13.6. The highest BCUT2D eigenvalue weighted by Crippen LogP contribution is 2.22. The number of ether oxygens (including phenoxy) is 1. The number of aromatic nitrogens is 1. The zero-order valence-electron chi connectivity index (χ0n) is 13.5. The van der Waals surface area contributed by atoms with Crippen molar-refractivity contribution in [1.29, 1.82) is 0 Å². The molecule has 0 atom stereocenters. The summed E-state index contributed by atoms with van der Waals surface area (Å²) in [6.45, 7) is 0.161. The van der Waals surface area contributed by atoms with Crippen LogP contribution in [0.5, 0.6) is 0 Å². The average molecular weight is 362 g/mol. The number of para-hydroxylation sites is 1. The summed E-state index contributed by atoms with van der Waals surface area (Å²) in [5, 5.41) is 0.793. The second-order valence-corrected chi connectivity index (χ2v) is 6.67. The number of likely N-dealkylation sites (N-methyl/N-ethyl adjacent to an activating group) is 1. The van der Waals surface area contributed by atoms with Crippen molar-refractivity contribution in [3.8, 4) is 0 Å². The van der Waals surface area contributed by atoms with Crippen LogP contribution in [0.3, 0.4) is 0 Å². The number of fused-ring (bicyclic) bond motifs is 1. The van der Waals surface area contributed by atoms with Crippen LogP contribution in [-0.2, 0) is 22.7 Å². The second-order valence-electron chi connectivity index (χ2n) is 5.55. The first kappa shape index (κ1) is 17.4. The molecule has 3 aromatic rings. The van der Waals surface area contributed by atoms with Gasteiger partial charge in [-0.1, -0.05) is 18.2 Å². The fourth-order valence-corrected chi connectivity index (χ4v) is 3.22. The molecule has 25 heavy (non-hydrogen) atoms. The number of hydrogen-bond acceptors (Lipinski definition) is 4. The van der Waals surface area contributed by atoms with E-state index in [0.29, 0.717) is 0 Å². The van der Waals surface area contributed by atoms with Crippen LogP contribution in [0.2, 0.25) is 0 Å². The van der Waals surface area contributed by atoms with Crippen molar-refractivity contribution >= 4 is 27.5 Å². The zero-order valence-corrected chi connectivity index (χ0v) is 14.4. The van der Waals surface area contributed by atoms with Gasteiger partial charge in [-0.05, 0) is 18.2 Å². The van der Waals surface area contributed by atoms with Crippen LogP contribution in [0.25, 0.3) is 10.2 Å². The normalized spacial score (nSPS) is 11.0. The lowest BCUT2D eigenvalue weighted by molar-refractivity contribution is -0.135. The van der Waals surface area contributed by atoms with E-state index in [1.807, 2.05) is 24.3 Å². The molecule has 1 aromatic heterocycles. The van der Waals surface area contributed by atoms with Gasteiger partial charge in [0.05, 0.1) is 16.8 Å². The standard InChI is InChI=1S/C18H16F2N2O2S/c1-22(9-12-6-7-13(19)8-14(12)20)18(23)11-24-10-17-21-15-4-2-3-5-16(15)25-17/h2-8H,9-11H2,1H3. The molecule has 0 unspecified atom stereocenters. The first-order chi connectivity index (χ1) is 12.0. The summed E-state index contributed by atoms with van der Waals surface area (Å²) < 4.78 is 33.0. The van der Waals surface area contributed by atoms with Crippen molar-refractivity contribution in [1.82, 2.24) is 9.88 Å². The number of carbonyl (C=O) groups is 1. The van der Waals surface area contributed by atoms with Crippen molar-refractivity contribution < 1.29 is 18.3 Å². The molecule has 0 saturated carbocycles. The van der Waals surface area contributed by atoms with E-state index in [0.717, 1.165) is 21.3 Å². The summed E-state index contributed by atoms with van der Waals surface area (Å²) in [5.74, 6) is -1.60. The first-order valence-corrected chi connectivity index (χ1v) is 8.44. The number of thiazole rings is 1. The Kier molecular flexibility index (Phi) is 5.35. The van der Waals surface area contributed by atoms with Crippen molar-refractivity contribution in [3.05, 3.63) is 64.7 Å². The maximum Gasteiger partial charge on any atom is 0.248 e. The van der Waals surface area contributed by atoms with Crippen LogP contribution in [0.4, 0.5) is 8.78 Å². The summed E-state index contributed by atoms with van der Waals surface area (Å²) in [4.78, 5) is 17.8. The van der Waals surface area contributed by atoms with E-state index in [4.69, 9.17) is 4.74 Å². The van der Waals surface area contributed by atoms with E-state index >= 15 is 0 Å². The van der Waals surface area contributed by atoms with Gasteiger partial charge in [-0.2, -0.15) is 0 Å². The molecule has 0 bridgehead atoms. The first-order valence-electron chi connectivity index (χ1n) is 7.63. The van der Waals surface area contributed by atoms with Gasteiger partial charge < -0.3 is 9.64 Å². The third-order valence-corrected chi connectivity index (χ3v) is 4.65. The highest BCUT2D eigenvalue weighted by atomic mass is 32.1. The van der Waals surface area contributed by atoms with Crippen molar-refractivity contribution in [2.75, 3.05) is 13.7 Å². The molecule has 1 heterocycles. The SMILES string of the molecule is CN(Cc1ccc(F)cc1F)C(=O)COCc1nc2ccccc2s1. The van der Waals surface area contributed by atoms with Gasteiger partial charge in [0.2, 0.25) is 5.91 Å². The van der Waals surface area contributed by atoms with Crippen LogP contribution in [0, 0.1) is 11.6 Å². The van der Waals surface area contributed by atoms with Gasteiger partial charge in [0.15, 0.2) is 0 Å². The Morgan fingerprint density at radius 3 is 2.80 bits per heavy atom. The van der Waals surface area contributed by atoms with Crippen LogP contribution < -0.4 is 0 Å². The Balaban J connectivity index is 1.51. The van der Waals surface area contributed by atoms with Crippen molar-refractivity contribution in [2.45, 2.75) is 13.2 Å². The smallest absolute Gasteiger partial charge is 0.248 e. The van der Waals surface area contributed by atoms with Crippen molar-refractivity contribution in [2.24, 2.45) is 0 Å². The quantitative estimate of drug-likeness (QED) is 0.671. The second kappa shape index (κ2) is 7.67. The molecule has 7 heteroatoms. The van der Waals surface area contributed by atoms with Crippen LogP contribution in [-0.4, -0.2) is 29.4 Å². The lowest BCUT2D eigenvalue weighted by atomic mass is 10.2. The highest BCUT2D eigenvalue weighted by Gasteiger charge is 2.13. The number of halogens is 2. The van der Waals surface area contributed by atoms with Crippen LogP contribution >= 0.6 is 11.3 Å². The molecule has 0 radical (unpaired) electrons. The number of amides is 1. The van der Waals surface area contributed by atoms with Gasteiger partial charge in [0.25, 0.3) is 0 Å². The minimum absolute atomic E-state index is 0.0510. The summed E-state index contributed by atoms with van der Waals surface area (Å²) in [6.07, 6.45) is 0. The Morgan fingerprint density at radius 1 is 1.24 bits per heavy atom. The van der Waals surface area contributed by atoms with E-state index in [-0.39, 0.29) is 31.2 Å². The molecule has 0 fully saturated rings. The third kappa shape index (κ3) is 4.37. The Labute approximate surface area is 147 Å². The fraction of sp³-hybridized carbons (Fsp3) is 0.222. The van der Waals surface area contributed by atoms with Gasteiger partial charge in [0.1, 0.15) is 23.2 Å². The number of carbonyl (C=O) groups excluding carboxylic acids is 1. The molecular weight excluding hydrogens is 346 g/mol. The Morgan fingerprint density at radius 2 is 2.04 bits per heavy atom. The van der Waals surface area contributed by atoms with Crippen LogP contribution in [0.15, 0.2) is 42.5 Å². The maximum absolute atomic E-state index is 13.6. The highest BCUT2D eigenvalue weighted by molar-refractivity contribution is 7.18. The third-order valence-electron chi connectivity index (χ3n) is 3.64. The molecule has 0 N–H and O–H groups in total. The molecule has 0 aliphatic rings. The summed E-state index contributed by atoms with van der Waals surface area (Å²) in [5.41, 5.74) is 1.16. The van der Waals surface area contributed by atoms with Gasteiger partial charge in [-0.15, -0.1) is 11.3 Å². The van der Waals surface area contributed by atoms with Gasteiger partial charge in [-0.25, -0.2) is 13.8 Å². The average Bonchev–Trinajstić information content (AvgIpc) is 3.00. The Hall–Kier alpha value is -2.38. The molecule has 0 aliphatic carbocycles. The van der Waals surface area contributed by atoms with Gasteiger partial charge in [0, 0.05) is 25.2 Å². The number of benzene rings is 2. The zero-order chi connectivity index (χ0) is 17.8. The molecule has 0 spiro atoms. The van der Waals surface area contributed by atoms with E-state index in [1.54, 1.807) is 7.05 Å². The van der Waals surface area contributed by atoms with E-state index in [1.165, 1.54) is 28.4 Å². The minimum Gasteiger partial charge on any atom is -0.364 e. The van der Waals surface area contributed by atoms with Crippen molar-refractivity contribution in [3.63, 3.8) is 0 Å². The molecule has 0 saturated heterocycles. The number of nitrogens with zero attached hydrogens (tertiary/aromatic N) is 2. The molecule has 2 aromatic carbocycles. The van der Waals surface area contributed by atoms with Gasteiger partial charge in [-0.3, -0.25) is 4.79 Å². The van der Waals surface area contributed by atoms with E-state index in [2.05, 4.69) is 4.98 Å². The number of rotatable bonds is 6. The summed E-state index contributed by atoms with van der Waals surface area (Å²) in [6, 6.07) is 11.1. The monoisotopic (exact) mass is 362 g/mol. The van der Waals surface area contributed by atoms with Crippen LogP contribution in [0.1, 0.15) is 10.6 Å². The lowest BCUT2D eigenvalue weighted by Gasteiger charge is -2.17. The minimum atomic E-state index is -0.671. The van der Waals surface area contributed by atoms with E-state index in [9.17, 15) is 13.6 Å². The van der Waals surface area contributed by atoms with E-state index < -0.39 is 11.6 Å². The largest absolute Gasteiger partial charge is 0.364 e. The molecule has 3 rings (SSSR count).